The van der Waals surface area contributed by atoms with Crippen molar-refractivity contribution in [1.29, 1.82) is 0 Å². The standard InChI is InChI=1S/C16H33N3/c1-14(2)16-13-18-11-7-8-15(18)12-19(16)10-6-5-9-17(3)4/h14-16H,5-13H2,1-4H3. The van der Waals surface area contributed by atoms with Crippen LogP contribution in [-0.2, 0) is 0 Å². The molecule has 0 spiro atoms. The number of hydrogen-bond acceptors (Lipinski definition) is 3. The molecule has 0 bridgehead atoms. The summed E-state index contributed by atoms with van der Waals surface area (Å²) in [6, 6.07) is 1.65. The molecule has 19 heavy (non-hydrogen) atoms. The molecule has 2 saturated heterocycles. The van der Waals surface area contributed by atoms with Gasteiger partial charge >= 0.3 is 0 Å². The predicted molar refractivity (Wildman–Crippen MR) is 82.6 cm³/mol. The Balaban J connectivity index is 1.81. The van der Waals surface area contributed by atoms with Gasteiger partial charge in [0.05, 0.1) is 0 Å². The van der Waals surface area contributed by atoms with Crippen molar-refractivity contribution >= 4 is 0 Å². The van der Waals surface area contributed by atoms with Crippen molar-refractivity contribution in [3.05, 3.63) is 0 Å². The van der Waals surface area contributed by atoms with E-state index in [9.17, 15) is 0 Å². The van der Waals surface area contributed by atoms with Crippen molar-refractivity contribution in [3.63, 3.8) is 0 Å². The quantitative estimate of drug-likeness (QED) is 0.683. The van der Waals surface area contributed by atoms with Gasteiger partial charge in [-0.2, -0.15) is 0 Å². The molecule has 2 unspecified atom stereocenters. The van der Waals surface area contributed by atoms with Crippen LogP contribution in [0.1, 0.15) is 39.5 Å². The fraction of sp³-hybridized carbons (Fsp3) is 1.00. The van der Waals surface area contributed by atoms with Crippen molar-refractivity contribution in [3.8, 4) is 0 Å². The van der Waals surface area contributed by atoms with E-state index in [2.05, 4.69) is 42.6 Å². The lowest BCUT2D eigenvalue weighted by atomic mass is 9.97. The lowest BCUT2D eigenvalue weighted by molar-refractivity contribution is 0.0281. The van der Waals surface area contributed by atoms with Crippen LogP contribution >= 0.6 is 0 Å². The van der Waals surface area contributed by atoms with Crippen molar-refractivity contribution in [2.24, 2.45) is 5.92 Å². The molecule has 0 saturated carbocycles. The van der Waals surface area contributed by atoms with E-state index in [0.717, 1.165) is 18.0 Å². The first-order valence-corrected chi connectivity index (χ1v) is 8.20. The molecule has 3 nitrogen and oxygen atoms in total. The summed E-state index contributed by atoms with van der Waals surface area (Å²) in [5, 5.41) is 0. The van der Waals surface area contributed by atoms with Crippen LogP contribution in [-0.4, -0.2) is 73.6 Å². The minimum atomic E-state index is 0.786. The van der Waals surface area contributed by atoms with E-state index >= 15 is 0 Å². The molecule has 2 aliphatic rings. The number of piperazine rings is 1. The SMILES string of the molecule is CC(C)C1CN2CCCC2CN1CCCCN(C)C. The highest BCUT2D eigenvalue weighted by atomic mass is 15.3. The number of nitrogens with zero attached hydrogens (tertiary/aromatic N) is 3. The Morgan fingerprint density at radius 3 is 2.63 bits per heavy atom. The summed E-state index contributed by atoms with van der Waals surface area (Å²) in [6.45, 7) is 11.3. The van der Waals surface area contributed by atoms with E-state index in [1.165, 1.54) is 58.4 Å². The molecular formula is C16H33N3. The summed E-state index contributed by atoms with van der Waals surface area (Å²) in [6.07, 6.45) is 5.54. The van der Waals surface area contributed by atoms with Crippen LogP contribution in [0.5, 0.6) is 0 Å². The van der Waals surface area contributed by atoms with Gasteiger partial charge in [0, 0.05) is 25.2 Å². The molecule has 2 aliphatic heterocycles. The first kappa shape index (κ1) is 15.3. The lowest BCUT2D eigenvalue weighted by Crippen LogP contribution is -2.57. The Morgan fingerprint density at radius 2 is 1.95 bits per heavy atom. The van der Waals surface area contributed by atoms with E-state index < -0.39 is 0 Å². The highest BCUT2D eigenvalue weighted by Gasteiger charge is 2.36. The summed E-state index contributed by atoms with van der Waals surface area (Å²) in [7, 11) is 4.35. The third kappa shape index (κ3) is 4.17. The summed E-state index contributed by atoms with van der Waals surface area (Å²) < 4.78 is 0. The Morgan fingerprint density at radius 1 is 1.16 bits per heavy atom. The maximum absolute atomic E-state index is 2.80. The van der Waals surface area contributed by atoms with Crippen molar-refractivity contribution in [2.75, 3.05) is 46.8 Å². The van der Waals surface area contributed by atoms with Gasteiger partial charge in [0.2, 0.25) is 0 Å². The minimum absolute atomic E-state index is 0.786. The second-order valence-corrected chi connectivity index (χ2v) is 7.11. The smallest absolute Gasteiger partial charge is 0.0246 e. The number of fused-ring (bicyclic) bond motifs is 1. The van der Waals surface area contributed by atoms with Gasteiger partial charge in [-0.15, -0.1) is 0 Å². The zero-order chi connectivity index (χ0) is 13.8. The Kier molecular flexibility index (Phi) is 5.67. The molecule has 0 amide bonds. The van der Waals surface area contributed by atoms with Crippen molar-refractivity contribution < 1.29 is 0 Å². The second-order valence-electron chi connectivity index (χ2n) is 7.11. The molecule has 0 aliphatic carbocycles. The number of hydrogen-bond donors (Lipinski definition) is 0. The monoisotopic (exact) mass is 267 g/mol. The van der Waals surface area contributed by atoms with Gasteiger partial charge < -0.3 is 4.90 Å². The van der Waals surface area contributed by atoms with E-state index in [1.54, 1.807) is 0 Å². The van der Waals surface area contributed by atoms with Gasteiger partial charge in [-0.1, -0.05) is 13.8 Å². The summed E-state index contributed by atoms with van der Waals surface area (Å²) in [4.78, 5) is 7.85. The normalized spacial score (nSPS) is 29.4. The van der Waals surface area contributed by atoms with Crippen LogP contribution in [0.2, 0.25) is 0 Å². The highest BCUT2D eigenvalue weighted by Crippen LogP contribution is 2.27. The molecule has 0 N–H and O–H groups in total. The Hall–Kier alpha value is -0.120. The first-order valence-electron chi connectivity index (χ1n) is 8.20. The maximum Gasteiger partial charge on any atom is 0.0246 e. The molecule has 2 fully saturated rings. The molecule has 2 atom stereocenters. The topological polar surface area (TPSA) is 9.72 Å². The van der Waals surface area contributed by atoms with E-state index in [0.29, 0.717) is 0 Å². The van der Waals surface area contributed by atoms with Gasteiger partial charge in [0.25, 0.3) is 0 Å². The molecule has 2 heterocycles. The zero-order valence-electron chi connectivity index (χ0n) is 13.4. The van der Waals surface area contributed by atoms with Crippen LogP contribution in [0.15, 0.2) is 0 Å². The van der Waals surface area contributed by atoms with Gasteiger partial charge in [-0.05, 0) is 65.3 Å². The van der Waals surface area contributed by atoms with E-state index in [1.807, 2.05) is 0 Å². The zero-order valence-corrected chi connectivity index (χ0v) is 13.4. The molecule has 112 valence electrons. The predicted octanol–water partition coefficient (Wildman–Crippen LogP) is 2.13. The fourth-order valence-electron chi connectivity index (χ4n) is 3.74. The fourth-order valence-corrected chi connectivity index (χ4v) is 3.74. The van der Waals surface area contributed by atoms with Gasteiger partial charge in [0.15, 0.2) is 0 Å². The van der Waals surface area contributed by atoms with E-state index in [-0.39, 0.29) is 0 Å². The van der Waals surface area contributed by atoms with Crippen LogP contribution < -0.4 is 0 Å². The van der Waals surface area contributed by atoms with Crippen LogP contribution in [0.4, 0.5) is 0 Å². The third-order valence-corrected chi connectivity index (χ3v) is 4.91. The van der Waals surface area contributed by atoms with Gasteiger partial charge in [-0.25, -0.2) is 0 Å². The van der Waals surface area contributed by atoms with Gasteiger partial charge in [0.1, 0.15) is 0 Å². The van der Waals surface area contributed by atoms with Crippen molar-refractivity contribution in [2.45, 2.75) is 51.6 Å². The molecule has 3 heteroatoms. The highest BCUT2D eigenvalue weighted by molar-refractivity contribution is 4.93. The Labute approximate surface area is 119 Å². The molecular weight excluding hydrogens is 234 g/mol. The van der Waals surface area contributed by atoms with Gasteiger partial charge in [-0.3, -0.25) is 9.80 Å². The largest absolute Gasteiger partial charge is 0.309 e. The third-order valence-electron chi connectivity index (χ3n) is 4.91. The van der Waals surface area contributed by atoms with Crippen LogP contribution in [0.3, 0.4) is 0 Å². The molecule has 0 aromatic heterocycles. The summed E-state index contributed by atoms with van der Waals surface area (Å²) in [5.41, 5.74) is 0. The second kappa shape index (κ2) is 7.05. The maximum atomic E-state index is 2.80. The van der Waals surface area contributed by atoms with Crippen LogP contribution in [0, 0.1) is 5.92 Å². The number of rotatable bonds is 6. The molecule has 0 radical (unpaired) electrons. The average Bonchev–Trinajstić information content (AvgIpc) is 2.80. The molecule has 2 rings (SSSR count). The van der Waals surface area contributed by atoms with Crippen molar-refractivity contribution in [1.82, 2.24) is 14.7 Å². The lowest BCUT2D eigenvalue weighted by Gasteiger charge is -2.45. The minimum Gasteiger partial charge on any atom is -0.309 e. The Bertz CT molecular complexity index is 265. The summed E-state index contributed by atoms with van der Waals surface area (Å²) >= 11 is 0. The molecule has 0 aromatic carbocycles. The first-order chi connectivity index (χ1) is 9.08. The van der Waals surface area contributed by atoms with Crippen LogP contribution in [0.25, 0.3) is 0 Å². The van der Waals surface area contributed by atoms with E-state index in [4.69, 9.17) is 0 Å². The summed E-state index contributed by atoms with van der Waals surface area (Å²) in [5.74, 6) is 0.787. The average molecular weight is 267 g/mol. The number of unbranched alkanes of at least 4 members (excludes halogenated alkanes) is 1. The molecule has 0 aromatic rings.